The number of nitrogen functional groups attached to an aromatic ring is 2. The molecule has 366 valence electrons. The lowest BCUT2D eigenvalue weighted by Gasteiger charge is -2.29. The third-order valence-corrected chi connectivity index (χ3v) is 12.5. The highest BCUT2D eigenvalue weighted by Crippen LogP contribution is 2.41. The number of pyridine rings is 2. The number of anilines is 4. The van der Waals surface area contributed by atoms with Crippen molar-refractivity contribution in [3.8, 4) is 23.5 Å². The molecule has 2 aliphatic rings. The Hall–Kier alpha value is -9.81. The van der Waals surface area contributed by atoms with Crippen LogP contribution in [-0.2, 0) is 4.74 Å². The van der Waals surface area contributed by atoms with E-state index in [1.54, 1.807) is 67.8 Å². The summed E-state index contributed by atoms with van der Waals surface area (Å²) >= 11 is 0. The van der Waals surface area contributed by atoms with E-state index in [1.807, 2.05) is 6.07 Å². The normalized spacial score (nSPS) is 16.6. The number of benzene rings is 2. The summed E-state index contributed by atoms with van der Waals surface area (Å²) in [6.07, 6.45) is 2.65. The number of nitrogens with zero attached hydrogens (tertiary/aromatic N) is 13. The maximum atomic E-state index is 14.7. The van der Waals surface area contributed by atoms with E-state index in [-0.39, 0.29) is 81.6 Å². The zero-order valence-corrected chi connectivity index (χ0v) is 39.3. The van der Waals surface area contributed by atoms with Crippen LogP contribution < -0.4 is 38.8 Å². The van der Waals surface area contributed by atoms with Crippen LogP contribution in [0.1, 0.15) is 89.4 Å². The predicted octanol–water partition coefficient (Wildman–Crippen LogP) is 4.14. The SMILES string of the molecule is CC(C)(C)OC(=O)N1C[C@H](n2c(=O)n(-c3ccc(C(=O)Nc4cccc(C#N)n4)cc3)c3c(N)ncnc32)CC1c1ccc(NC(=O)c2ccc(-n3c(=O)n([C@@H]4CCNC4)c4ncnc(N)c43)cc2)nc1C#N. The molecule has 8 aromatic rings. The van der Waals surface area contributed by atoms with Gasteiger partial charge in [0, 0.05) is 29.8 Å². The first-order valence-corrected chi connectivity index (χ1v) is 22.9. The van der Waals surface area contributed by atoms with Crippen molar-refractivity contribution >= 4 is 63.5 Å². The molecule has 1 unspecified atom stereocenters. The average Bonchev–Trinajstić information content (AvgIpc) is 4.19. The van der Waals surface area contributed by atoms with Crippen molar-refractivity contribution in [3.63, 3.8) is 0 Å². The molecular formula is C49H44N18O6. The van der Waals surface area contributed by atoms with Crippen molar-refractivity contribution in [2.24, 2.45) is 0 Å². The van der Waals surface area contributed by atoms with Crippen molar-refractivity contribution < 1.29 is 19.1 Å². The Morgan fingerprint density at radius 2 is 1.29 bits per heavy atom. The maximum absolute atomic E-state index is 14.7. The standard InChI is InChI=1S/C49H44N18O6/c1-49(2,3)73-48(72)63-23-32(67-43-39(41(53)56-25-58-43)65(47(67)71)30-13-7-26(8-14-30)44(68)61-36-6-4-5-28(20-50)59-36)19-35(63)33-15-16-37(60-34(33)21-51)62-45(69)27-9-11-29(12-10-27)64-38-40(52)55-24-57-42(38)66(46(64)70)31-17-18-54-22-31/h4-16,24-25,31-32,35,54H,17-19,22-23H2,1-3H3,(H2,52,55,57)(H2,53,56,58)(H,59,61,68)(H,60,62,69)/t31-,32-,35?/m1/s1. The molecule has 0 spiro atoms. The van der Waals surface area contributed by atoms with Crippen LogP contribution in [0, 0.1) is 22.7 Å². The number of imidazole rings is 2. The number of ether oxygens (including phenoxy) is 1. The van der Waals surface area contributed by atoms with Gasteiger partial charge in [-0.2, -0.15) is 10.5 Å². The van der Waals surface area contributed by atoms with Crippen LogP contribution in [0.3, 0.4) is 0 Å². The topological polar surface area (TPSA) is 331 Å². The van der Waals surface area contributed by atoms with Gasteiger partial charge in [-0.15, -0.1) is 0 Å². The second-order valence-electron chi connectivity index (χ2n) is 18.3. The summed E-state index contributed by atoms with van der Waals surface area (Å²) in [5.74, 6) is -0.717. The molecule has 3 amide bonds. The number of hydrogen-bond donors (Lipinski definition) is 5. The number of aromatic nitrogens is 10. The number of nitrogens with one attached hydrogen (secondary N) is 3. The number of nitrogens with two attached hydrogens (primary N) is 2. The summed E-state index contributed by atoms with van der Waals surface area (Å²) in [7, 11) is 0. The summed E-state index contributed by atoms with van der Waals surface area (Å²) in [5.41, 5.74) is 13.6. The minimum Gasteiger partial charge on any atom is -0.444 e. The second-order valence-corrected chi connectivity index (χ2v) is 18.3. The molecule has 24 nitrogen and oxygen atoms in total. The van der Waals surface area contributed by atoms with Gasteiger partial charge in [0.25, 0.3) is 11.8 Å². The number of carbonyl (C=O) groups excluding carboxylic acids is 3. The first kappa shape index (κ1) is 46.9. The Labute approximate surface area is 413 Å². The molecule has 0 aliphatic carbocycles. The number of rotatable bonds is 9. The van der Waals surface area contributed by atoms with Crippen molar-refractivity contribution in [1.29, 1.82) is 10.5 Å². The smallest absolute Gasteiger partial charge is 0.410 e. The Morgan fingerprint density at radius 1 is 0.726 bits per heavy atom. The summed E-state index contributed by atoms with van der Waals surface area (Å²) in [5, 5.41) is 28.4. The Morgan fingerprint density at radius 3 is 1.81 bits per heavy atom. The third kappa shape index (κ3) is 8.67. The van der Waals surface area contributed by atoms with Crippen LogP contribution in [0.2, 0.25) is 0 Å². The lowest BCUT2D eigenvalue weighted by Crippen LogP contribution is -2.37. The van der Waals surface area contributed by atoms with Gasteiger partial charge < -0.3 is 32.2 Å². The molecule has 2 aliphatic heterocycles. The molecule has 0 saturated carbocycles. The lowest BCUT2D eigenvalue weighted by atomic mass is 10.0. The Bertz CT molecular complexity index is 3740. The van der Waals surface area contributed by atoms with Crippen LogP contribution >= 0.6 is 0 Å². The van der Waals surface area contributed by atoms with E-state index in [4.69, 9.17) is 16.2 Å². The van der Waals surface area contributed by atoms with Crippen molar-refractivity contribution in [2.45, 2.75) is 57.3 Å². The second kappa shape index (κ2) is 18.5. The van der Waals surface area contributed by atoms with Gasteiger partial charge in [-0.25, -0.2) is 44.3 Å². The average molecular weight is 981 g/mol. The fourth-order valence-corrected chi connectivity index (χ4v) is 9.32. The van der Waals surface area contributed by atoms with E-state index in [2.05, 4.69) is 51.9 Å². The number of likely N-dealkylation sites (tertiary alicyclic amines) is 1. The molecule has 24 heteroatoms. The molecule has 7 N–H and O–H groups in total. The summed E-state index contributed by atoms with van der Waals surface area (Å²) < 4.78 is 11.6. The first-order chi connectivity index (χ1) is 35.1. The Balaban J connectivity index is 0.929. The summed E-state index contributed by atoms with van der Waals surface area (Å²) in [4.78, 5) is 96.6. The predicted molar refractivity (Wildman–Crippen MR) is 265 cm³/mol. The van der Waals surface area contributed by atoms with Gasteiger partial charge in [0.1, 0.15) is 64.5 Å². The number of hydrogen-bond acceptors (Lipinski definition) is 17. The molecule has 8 heterocycles. The van der Waals surface area contributed by atoms with E-state index in [9.17, 15) is 34.5 Å². The van der Waals surface area contributed by atoms with Gasteiger partial charge in [0.05, 0.1) is 29.5 Å². The largest absolute Gasteiger partial charge is 0.444 e. The fraction of sp³-hybridized carbons (Fsp3) is 0.245. The molecule has 2 aromatic carbocycles. The van der Waals surface area contributed by atoms with Crippen molar-refractivity contribution in [1.82, 2.24) is 58.4 Å². The first-order valence-electron chi connectivity index (χ1n) is 22.9. The molecule has 3 atom stereocenters. The molecular weight excluding hydrogens is 937 g/mol. The van der Waals surface area contributed by atoms with E-state index in [0.29, 0.717) is 34.6 Å². The van der Waals surface area contributed by atoms with Gasteiger partial charge in [0.2, 0.25) is 0 Å². The van der Waals surface area contributed by atoms with Crippen LogP contribution in [-0.4, -0.2) is 96.2 Å². The monoisotopic (exact) mass is 980 g/mol. The molecule has 6 aromatic heterocycles. The fourth-order valence-electron chi connectivity index (χ4n) is 9.32. The number of amides is 3. The molecule has 73 heavy (non-hydrogen) atoms. The van der Waals surface area contributed by atoms with E-state index in [1.165, 1.54) is 67.7 Å². The summed E-state index contributed by atoms with van der Waals surface area (Å²) in [6, 6.07) is 22.5. The van der Waals surface area contributed by atoms with Crippen LogP contribution in [0.15, 0.2) is 101 Å². The number of nitriles is 2. The quantitative estimate of drug-likeness (QED) is 0.136. The minimum absolute atomic E-state index is 0.00851. The number of fused-ring (bicyclic) bond motifs is 2. The highest BCUT2D eigenvalue weighted by atomic mass is 16.6. The van der Waals surface area contributed by atoms with Gasteiger partial charge in [-0.1, -0.05) is 12.1 Å². The zero-order chi connectivity index (χ0) is 51.3. The van der Waals surface area contributed by atoms with Crippen LogP contribution in [0.4, 0.5) is 28.1 Å². The van der Waals surface area contributed by atoms with Gasteiger partial charge in [-0.3, -0.25) is 32.8 Å². The van der Waals surface area contributed by atoms with Gasteiger partial charge in [0.15, 0.2) is 22.9 Å². The highest BCUT2D eigenvalue weighted by Gasteiger charge is 2.42. The summed E-state index contributed by atoms with van der Waals surface area (Å²) in [6.45, 7) is 6.44. The third-order valence-electron chi connectivity index (χ3n) is 12.5. The maximum Gasteiger partial charge on any atom is 0.410 e. The lowest BCUT2D eigenvalue weighted by molar-refractivity contribution is 0.0219. The molecule has 10 rings (SSSR count). The van der Waals surface area contributed by atoms with Crippen molar-refractivity contribution in [3.05, 3.63) is 141 Å². The molecule has 2 fully saturated rings. The van der Waals surface area contributed by atoms with Crippen LogP contribution in [0.25, 0.3) is 33.7 Å². The molecule has 0 bridgehead atoms. The van der Waals surface area contributed by atoms with E-state index < -0.39 is 41.3 Å². The van der Waals surface area contributed by atoms with Crippen molar-refractivity contribution in [2.75, 3.05) is 41.7 Å². The van der Waals surface area contributed by atoms with E-state index in [0.717, 1.165) is 13.0 Å². The van der Waals surface area contributed by atoms with E-state index >= 15 is 0 Å². The zero-order valence-electron chi connectivity index (χ0n) is 39.3. The van der Waals surface area contributed by atoms with Crippen LogP contribution in [0.5, 0.6) is 0 Å². The Kier molecular flexibility index (Phi) is 11.9. The number of carbonyl (C=O) groups is 3. The molecule has 2 saturated heterocycles. The minimum atomic E-state index is -0.916. The molecule has 0 radical (unpaired) electrons. The van der Waals surface area contributed by atoms with Gasteiger partial charge >= 0.3 is 17.5 Å². The van der Waals surface area contributed by atoms with Gasteiger partial charge in [-0.05, 0) is 107 Å². The highest BCUT2D eigenvalue weighted by molar-refractivity contribution is 6.04.